The predicted molar refractivity (Wildman–Crippen MR) is 81.0 cm³/mol. The van der Waals surface area contributed by atoms with Crippen LogP contribution < -0.4 is 5.32 Å². The number of likely N-dealkylation sites (tertiary alicyclic amines) is 1. The smallest absolute Gasteiger partial charge is 0.0306 e. The van der Waals surface area contributed by atoms with Gasteiger partial charge in [0.1, 0.15) is 0 Å². The van der Waals surface area contributed by atoms with Gasteiger partial charge in [0.05, 0.1) is 0 Å². The lowest BCUT2D eigenvalue weighted by Crippen LogP contribution is -2.57. The summed E-state index contributed by atoms with van der Waals surface area (Å²) in [6.07, 6.45) is 8.21. The number of hydrogen-bond donors (Lipinski definition) is 1. The van der Waals surface area contributed by atoms with Crippen LogP contribution in [0.2, 0.25) is 0 Å². The fourth-order valence-corrected chi connectivity index (χ4v) is 3.22. The van der Waals surface area contributed by atoms with E-state index < -0.39 is 0 Å². The van der Waals surface area contributed by atoms with Gasteiger partial charge in [-0.25, -0.2) is 0 Å². The van der Waals surface area contributed by atoms with Gasteiger partial charge >= 0.3 is 0 Å². The molecule has 0 aromatic heterocycles. The lowest BCUT2D eigenvalue weighted by Gasteiger charge is -2.44. The van der Waals surface area contributed by atoms with Crippen LogP contribution in [-0.4, -0.2) is 36.6 Å². The summed E-state index contributed by atoms with van der Waals surface area (Å²) >= 11 is 0. The minimum absolute atomic E-state index is 0.286. The zero-order valence-corrected chi connectivity index (χ0v) is 13.3. The minimum Gasteiger partial charge on any atom is -0.315 e. The van der Waals surface area contributed by atoms with Crippen molar-refractivity contribution in [3.05, 3.63) is 0 Å². The molecule has 0 aromatic rings. The van der Waals surface area contributed by atoms with Gasteiger partial charge in [0.2, 0.25) is 0 Å². The summed E-state index contributed by atoms with van der Waals surface area (Å²) in [7, 11) is 2.13. The molecule has 1 aliphatic heterocycles. The van der Waals surface area contributed by atoms with Crippen LogP contribution in [0.1, 0.15) is 66.2 Å². The topological polar surface area (TPSA) is 15.3 Å². The predicted octanol–water partition coefficient (Wildman–Crippen LogP) is 3.67. The van der Waals surface area contributed by atoms with Gasteiger partial charge in [0, 0.05) is 11.6 Å². The molecule has 0 bridgehead atoms. The summed E-state index contributed by atoms with van der Waals surface area (Å²) in [5, 5.41) is 3.57. The first-order chi connectivity index (χ1) is 8.48. The van der Waals surface area contributed by atoms with Gasteiger partial charge in [-0.2, -0.15) is 0 Å². The Morgan fingerprint density at radius 3 is 2.00 bits per heavy atom. The summed E-state index contributed by atoms with van der Waals surface area (Å²) in [5.74, 6) is 0.806. The molecular formula is C16H34N2. The van der Waals surface area contributed by atoms with Crippen molar-refractivity contribution in [3.63, 3.8) is 0 Å². The molecule has 2 nitrogen and oxygen atoms in total. The molecule has 0 radical (unpaired) electrons. The molecule has 1 heterocycles. The number of nitrogens with one attached hydrogen (secondary N) is 1. The highest BCUT2D eigenvalue weighted by molar-refractivity contribution is 4.93. The molecule has 1 atom stereocenters. The van der Waals surface area contributed by atoms with Crippen LogP contribution in [0.15, 0.2) is 0 Å². The summed E-state index contributed by atoms with van der Waals surface area (Å²) in [5.41, 5.74) is 0.286. The first-order valence-corrected chi connectivity index (χ1v) is 7.90. The van der Waals surface area contributed by atoms with Crippen molar-refractivity contribution in [3.8, 4) is 0 Å². The zero-order chi connectivity index (χ0) is 13.6. The number of likely N-dealkylation sites (N-methyl/N-ethyl adjacent to an activating group) is 1. The van der Waals surface area contributed by atoms with Crippen molar-refractivity contribution >= 4 is 0 Å². The highest BCUT2D eigenvalue weighted by Gasteiger charge is 2.34. The lowest BCUT2D eigenvalue weighted by atomic mass is 9.87. The van der Waals surface area contributed by atoms with E-state index in [1.54, 1.807) is 0 Å². The lowest BCUT2D eigenvalue weighted by molar-refractivity contribution is 0.0809. The van der Waals surface area contributed by atoms with Crippen LogP contribution in [0.5, 0.6) is 0 Å². The Bertz CT molecular complexity index is 215. The van der Waals surface area contributed by atoms with E-state index >= 15 is 0 Å². The average Bonchev–Trinajstić information content (AvgIpc) is 2.57. The van der Waals surface area contributed by atoms with E-state index in [0.717, 1.165) is 5.92 Å². The monoisotopic (exact) mass is 254 g/mol. The quantitative estimate of drug-likeness (QED) is 0.778. The Labute approximate surface area is 115 Å². The molecule has 0 saturated carbocycles. The Morgan fingerprint density at radius 2 is 1.56 bits per heavy atom. The van der Waals surface area contributed by atoms with Crippen LogP contribution in [0.25, 0.3) is 0 Å². The third kappa shape index (κ3) is 4.55. The number of nitrogens with zero attached hydrogens (tertiary/aromatic N) is 1. The molecule has 108 valence electrons. The van der Waals surface area contributed by atoms with Gasteiger partial charge in [-0.1, -0.05) is 26.7 Å². The van der Waals surface area contributed by atoms with E-state index in [1.807, 2.05) is 0 Å². The van der Waals surface area contributed by atoms with Crippen LogP contribution in [0.3, 0.4) is 0 Å². The Morgan fingerprint density at radius 1 is 1.00 bits per heavy atom. The zero-order valence-electron chi connectivity index (χ0n) is 13.3. The number of rotatable bonds is 6. The second-order valence-electron chi connectivity index (χ2n) is 6.87. The second-order valence-corrected chi connectivity index (χ2v) is 6.87. The van der Waals surface area contributed by atoms with E-state index in [4.69, 9.17) is 0 Å². The maximum absolute atomic E-state index is 3.57. The first kappa shape index (κ1) is 16.0. The molecule has 1 N–H and O–H groups in total. The third-order valence-electron chi connectivity index (χ3n) is 4.66. The Balaban J connectivity index is 2.61. The van der Waals surface area contributed by atoms with Crippen molar-refractivity contribution < 1.29 is 0 Å². The van der Waals surface area contributed by atoms with Crippen molar-refractivity contribution in [2.24, 2.45) is 5.92 Å². The van der Waals surface area contributed by atoms with Gasteiger partial charge in [0.15, 0.2) is 0 Å². The molecule has 1 aliphatic rings. The Kier molecular flexibility index (Phi) is 6.65. The van der Waals surface area contributed by atoms with Gasteiger partial charge in [-0.05, 0) is 65.6 Å². The molecule has 1 unspecified atom stereocenters. The van der Waals surface area contributed by atoms with Gasteiger partial charge in [-0.3, -0.25) is 4.90 Å². The van der Waals surface area contributed by atoms with Gasteiger partial charge in [0.25, 0.3) is 0 Å². The van der Waals surface area contributed by atoms with Gasteiger partial charge in [-0.15, -0.1) is 0 Å². The highest BCUT2D eigenvalue weighted by Crippen LogP contribution is 2.26. The summed E-state index contributed by atoms with van der Waals surface area (Å²) in [4.78, 5) is 2.72. The molecule has 0 spiro atoms. The van der Waals surface area contributed by atoms with Crippen molar-refractivity contribution in [2.75, 3.05) is 20.1 Å². The van der Waals surface area contributed by atoms with Crippen molar-refractivity contribution in [1.29, 1.82) is 0 Å². The van der Waals surface area contributed by atoms with E-state index in [9.17, 15) is 0 Å². The normalized spacial score (nSPS) is 21.0. The molecule has 0 aliphatic carbocycles. The van der Waals surface area contributed by atoms with Crippen LogP contribution >= 0.6 is 0 Å². The second kappa shape index (κ2) is 7.49. The number of hydrogen-bond acceptors (Lipinski definition) is 2. The van der Waals surface area contributed by atoms with E-state index in [1.165, 1.54) is 51.6 Å². The van der Waals surface area contributed by atoms with Crippen molar-refractivity contribution in [2.45, 2.75) is 77.8 Å². The maximum Gasteiger partial charge on any atom is 0.0306 e. The van der Waals surface area contributed by atoms with Crippen LogP contribution in [0.4, 0.5) is 0 Å². The minimum atomic E-state index is 0.286. The molecule has 18 heavy (non-hydrogen) atoms. The average molecular weight is 254 g/mol. The van der Waals surface area contributed by atoms with Crippen molar-refractivity contribution in [1.82, 2.24) is 10.2 Å². The fourth-order valence-electron chi connectivity index (χ4n) is 3.22. The molecule has 2 heteroatoms. The van der Waals surface area contributed by atoms with E-state index in [0.29, 0.717) is 6.04 Å². The fraction of sp³-hybridized carbons (Fsp3) is 1.00. The van der Waals surface area contributed by atoms with Gasteiger partial charge < -0.3 is 5.32 Å². The molecule has 0 aromatic carbocycles. The highest BCUT2D eigenvalue weighted by atomic mass is 15.2. The molecule has 1 fully saturated rings. The first-order valence-electron chi connectivity index (χ1n) is 7.90. The molecule has 0 amide bonds. The standard InChI is InChI=1S/C16H34N2/c1-14(2)10-11-15(17-5)16(3,4)18-12-8-6-7-9-13-18/h14-15,17H,6-13H2,1-5H3. The third-order valence-corrected chi connectivity index (χ3v) is 4.66. The SMILES string of the molecule is CNC(CCC(C)C)C(C)(C)N1CCCCCC1. The molecule has 1 saturated heterocycles. The summed E-state index contributed by atoms with van der Waals surface area (Å²) in [6.45, 7) is 12.1. The summed E-state index contributed by atoms with van der Waals surface area (Å²) in [6, 6.07) is 0.609. The largest absolute Gasteiger partial charge is 0.315 e. The van der Waals surface area contributed by atoms with E-state index in [2.05, 4.69) is 45.0 Å². The molecule has 1 rings (SSSR count). The maximum atomic E-state index is 3.57. The van der Waals surface area contributed by atoms with E-state index in [-0.39, 0.29) is 5.54 Å². The van der Waals surface area contributed by atoms with Crippen LogP contribution in [0, 0.1) is 5.92 Å². The molecular weight excluding hydrogens is 220 g/mol. The Hall–Kier alpha value is -0.0800. The summed E-state index contributed by atoms with van der Waals surface area (Å²) < 4.78 is 0. The van der Waals surface area contributed by atoms with Crippen LogP contribution in [-0.2, 0) is 0 Å².